The van der Waals surface area contributed by atoms with Crippen LogP contribution in [0.1, 0.15) is 23.8 Å². The van der Waals surface area contributed by atoms with E-state index in [1.165, 1.54) is 0 Å². The van der Waals surface area contributed by atoms with E-state index in [1.807, 2.05) is 54.6 Å². The highest BCUT2D eigenvalue weighted by Crippen LogP contribution is 2.16. The number of hydrogen-bond donors (Lipinski definition) is 1. The molecule has 0 aliphatic heterocycles. The van der Waals surface area contributed by atoms with E-state index < -0.39 is 6.04 Å². The van der Waals surface area contributed by atoms with E-state index in [9.17, 15) is 9.59 Å². The van der Waals surface area contributed by atoms with Gasteiger partial charge >= 0.3 is 0 Å². The third-order valence-electron chi connectivity index (χ3n) is 4.89. The third kappa shape index (κ3) is 5.73. The zero-order chi connectivity index (χ0) is 21.3. The van der Waals surface area contributed by atoms with Crippen molar-refractivity contribution in [3.05, 3.63) is 89.9 Å². The third-order valence-corrected chi connectivity index (χ3v) is 4.89. The molecule has 0 unspecified atom stereocenters. The van der Waals surface area contributed by atoms with Gasteiger partial charge in [0.1, 0.15) is 17.6 Å². The minimum Gasteiger partial charge on any atom is -0.497 e. The molecule has 1 heterocycles. The first kappa shape index (κ1) is 21.2. The SMILES string of the molecule is COc1ccc(CN(C(=O)Cc2ccccc2)[C@H](C)C(=O)NCc2ccco2)cc1. The molecule has 0 fully saturated rings. The van der Waals surface area contributed by atoms with E-state index in [0.29, 0.717) is 12.3 Å². The standard InChI is InChI=1S/C24H26N2O4/c1-18(24(28)25-16-22-9-6-14-30-22)26(17-20-10-12-21(29-2)13-11-20)23(27)15-19-7-4-3-5-8-19/h3-14,18H,15-17H2,1-2H3,(H,25,28)/t18-/m1/s1. The summed E-state index contributed by atoms with van der Waals surface area (Å²) in [6, 6.07) is 19.9. The second kappa shape index (κ2) is 10.3. The van der Waals surface area contributed by atoms with Crippen LogP contribution >= 0.6 is 0 Å². The molecule has 1 aromatic heterocycles. The summed E-state index contributed by atoms with van der Waals surface area (Å²) in [4.78, 5) is 27.5. The highest BCUT2D eigenvalue weighted by Gasteiger charge is 2.26. The van der Waals surface area contributed by atoms with Gasteiger partial charge in [-0.05, 0) is 42.3 Å². The summed E-state index contributed by atoms with van der Waals surface area (Å²) in [7, 11) is 1.61. The molecule has 0 spiro atoms. The van der Waals surface area contributed by atoms with Crippen LogP contribution in [0.3, 0.4) is 0 Å². The van der Waals surface area contributed by atoms with Gasteiger partial charge in [-0.25, -0.2) is 0 Å². The van der Waals surface area contributed by atoms with Crippen molar-refractivity contribution in [2.45, 2.75) is 32.5 Å². The zero-order valence-electron chi connectivity index (χ0n) is 17.2. The maximum atomic E-state index is 13.1. The second-order valence-corrected chi connectivity index (χ2v) is 7.01. The van der Waals surface area contributed by atoms with E-state index in [0.717, 1.165) is 16.9 Å². The summed E-state index contributed by atoms with van der Waals surface area (Å²) in [5, 5.41) is 2.84. The fraction of sp³-hybridized carbons (Fsp3) is 0.250. The number of carbonyl (C=O) groups excluding carboxylic acids is 2. The topological polar surface area (TPSA) is 71.8 Å². The maximum Gasteiger partial charge on any atom is 0.242 e. The number of carbonyl (C=O) groups is 2. The average molecular weight is 406 g/mol. The Hall–Kier alpha value is -3.54. The summed E-state index contributed by atoms with van der Waals surface area (Å²) in [6.07, 6.45) is 1.79. The predicted molar refractivity (Wildman–Crippen MR) is 114 cm³/mol. The van der Waals surface area contributed by atoms with Gasteiger partial charge in [-0.2, -0.15) is 0 Å². The van der Waals surface area contributed by atoms with E-state index in [2.05, 4.69) is 5.32 Å². The van der Waals surface area contributed by atoms with Crippen LogP contribution in [0, 0.1) is 0 Å². The van der Waals surface area contributed by atoms with Crippen LogP contribution in [-0.4, -0.2) is 29.9 Å². The van der Waals surface area contributed by atoms with Crippen LogP contribution < -0.4 is 10.1 Å². The van der Waals surface area contributed by atoms with Crippen LogP contribution in [0.2, 0.25) is 0 Å². The van der Waals surface area contributed by atoms with Crippen LogP contribution in [0.25, 0.3) is 0 Å². The molecule has 0 saturated carbocycles. The molecule has 2 amide bonds. The normalized spacial score (nSPS) is 11.5. The van der Waals surface area contributed by atoms with Gasteiger partial charge in [0.25, 0.3) is 0 Å². The fourth-order valence-corrected chi connectivity index (χ4v) is 3.12. The van der Waals surface area contributed by atoms with E-state index in [-0.39, 0.29) is 24.8 Å². The highest BCUT2D eigenvalue weighted by atomic mass is 16.5. The number of nitrogens with one attached hydrogen (secondary N) is 1. The Morgan fingerprint density at radius 1 is 1.00 bits per heavy atom. The quantitative estimate of drug-likeness (QED) is 0.590. The van der Waals surface area contributed by atoms with Gasteiger partial charge in [0.05, 0.1) is 26.3 Å². The van der Waals surface area contributed by atoms with Gasteiger partial charge in [-0.1, -0.05) is 42.5 Å². The molecule has 6 heteroatoms. The number of amides is 2. The largest absolute Gasteiger partial charge is 0.497 e. The van der Waals surface area contributed by atoms with Crippen molar-refractivity contribution in [1.82, 2.24) is 10.2 Å². The van der Waals surface area contributed by atoms with E-state index in [1.54, 1.807) is 37.3 Å². The highest BCUT2D eigenvalue weighted by molar-refractivity contribution is 5.88. The van der Waals surface area contributed by atoms with Crippen molar-refractivity contribution in [3.8, 4) is 5.75 Å². The smallest absolute Gasteiger partial charge is 0.242 e. The van der Waals surface area contributed by atoms with Gasteiger partial charge in [-0.15, -0.1) is 0 Å². The molecule has 0 radical (unpaired) electrons. The van der Waals surface area contributed by atoms with Gasteiger partial charge in [0, 0.05) is 6.54 Å². The Morgan fingerprint density at radius 2 is 1.73 bits per heavy atom. The van der Waals surface area contributed by atoms with Gasteiger partial charge < -0.3 is 19.4 Å². The number of benzene rings is 2. The van der Waals surface area contributed by atoms with Crippen molar-refractivity contribution in [3.63, 3.8) is 0 Å². The molecule has 156 valence electrons. The fourth-order valence-electron chi connectivity index (χ4n) is 3.12. The summed E-state index contributed by atoms with van der Waals surface area (Å²) in [6.45, 7) is 2.34. The number of hydrogen-bond acceptors (Lipinski definition) is 4. The summed E-state index contributed by atoms with van der Waals surface area (Å²) >= 11 is 0. The molecule has 1 atom stereocenters. The average Bonchev–Trinajstić information content (AvgIpc) is 3.30. The van der Waals surface area contributed by atoms with E-state index in [4.69, 9.17) is 9.15 Å². The molecule has 0 aliphatic carbocycles. The molecular weight excluding hydrogens is 380 g/mol. The van der Waals surface area contributed by atoms with Crippen molar-refractivity contribution in [2.24, 2.45) is 0 Å². The van der Waals surface area contributed by atoms with Gasteiger partial charge in [0.2, 0.25) is 11.8 Å². The number of ether oxygens (including phenoxy) is 1. The molecule has 0 bridgehead atoms. The number of furan rings is 1. The molecule has 0 saturated heterocycles. The second-order valence-electron chi connectivity index (χ2n) is 7.01. The monoisotopic (exact) mass is 406 g/mol. The Labute approximate surface area is 176 Å². The first-order valence-corrected chi connectivity index (χ1v) is 9.83. The lowest BCUT2D eigenvalue weighted by atomic mass is 10.1. The molecule has 0 aliphatic rings. The van der Waals surface area contributed by atoms with Crippen LogP contribution in [0.5, 0.6) is 5.75 Å². The van der Waals surface area contributed by atoms with Crippen molar-refractivity contribution >= 4 is 11.8 Å². The summed E-state index contributed by atoms with van der Waals surface area (Å²) in [5.74, 6) is 1.05. The first-order chi connectivity index (χ1) is 14.6. The van der Waals surface area contributed by atoms with Crippen molar-refractivity contribution in [2.75, 3.05) is 7.11 Å². The Balaban J connectivity index is 1.74. The number of rotatable bonds is 9. The zero-order valence-corrected chi connectivity index (χ0v) is 17.2. The molecule has 30 heavy (non-hydrogen) atoms. The molecule has 2 aromatic carbocycles. The lowest BCUT2D eigenvalue weighted by Crippen LogP contribution is -2.47. The van der Waals surface area contributed by atoms with Crippen molar-refractivity contribution in [1.29, 1.82) is 0 Å². The van der Waals surface area contributed by atoms with Crippen molar-refractivity contribution < 1.29 is 18.7 Å². The minimum atomic E-state index is -0.640. The molecule has 1 N–H and O–H groups in total. The predicted octanol–water partition coefficient (Wildman–Crippen LogP) is 3.56. The molecular formula is C24H26N2O4. The summed E-state index contributed by atoms with van der Waals surface area (Å²) in [5.41, 5.74) is 1.83. The molecule has 3 aromatic rings. The van der Waals surface area contributed by atoms with Gasteiger partial charge in [-0.3, -0.25) is 9.59 Å². The number of methoxy groups -OCH3 is 1. The van der Waals surface area contributed by atoms with E-state index >= 15 is 0 Å². The van der Waals surface area contributed by atoms with Crippen LogP contribution in [0.15, 0.2) is 77.4 Å². The lowest BCUT2D eigenvalue weighted by molar-refractivity contribution is -0.140. The Bertz CT molecular complexity index is 937. The molecule has 6 nitrogen and oxygen atoms in total. The summed E-state index contributed by atoms with van der Waals surface area (Å²) < 4.78 is 10.5. The van der Waals surface area contributed by atoms with Crippen LogP contribution in [-0.2, 0) is 29.1 Å². The first-order valence-electron chi connectivity index (χ1n) is 9.83. The number of nitrogens with zero attached hydrogens (tertiary/aromatic N) is 1. The maximum absolute atomic E-state index is 13.1. The minimum absolute atomic E-state index is 0.113. The van der Waals surface area contributed by atoms with Gasteiger partial charge in [0.15, 0.2) is 0 Å². The Morgan fingerprint density at radius 3 is 2.37 bits per heavy atom. The molecule has 3 rings (SSSR count). The Kier molecular flexibility index (Phi) is 7.27. The lowest BCUT2D eigenvalue weighted by Gasteiger charge is -2.29. The van der Waals surface area contributed by atoms with Crippen LogP contribution in [0.4, 0.5) is 0 Å².